The third-order valence-corrected chi connectivity index (χ3v) is 3.36. The first-order valence-electron chi connectivity index (χ1n) is 5.71. The fourth-order valence-electron chi connectivity index (χ4n) is 1.50. The van der Waals surface area contributed by atoms with E-state index in [1.807, 2.05) is 0 Å². The van der Waals surface area contributed by atoms with Crippen molar-refractivity contribution < 1.29 is 13.5 Å². The molecule has 0 aliphatic rings. The summed E-state index contributed by atoms with van der Waals surface area (Å²) in [4.78, 5) is 0.288. The highest BCUT2D eigenvalue weighted by atomic mass is 32.2. The summed E-state index contributed by atoms with van der Waals surface area (Å²) >= 11 is 1.21. The molecule has 0 atom stereocenters. The molecule has 0 heterocycles. The van der Waals surface area contributed by atoms with E-state index in [9.17, 15) is 8.78 Å². The first-order chi connectivity index (χ1) is 9.15. The number of hydrogen-bond acceptors (Lipinski definition) is 3. The lowest BCUT2D eigenvalue weighted by Crippen LogP contribution is -2.01. The monoisotopic (exact) mass is 281 g/mol. The van der Waals surface area contributed by atoms with Gasteiger partial charge < -0.3 is 10.5 Å². The van der Waals surface area contributed by atoms with E-state index in [2.05, 4.69) is 0 Å². The Hall–Kier alpha value is -1.75. The Kier molecular flexibility index (Phi) is 4.63. The maximum atomic E-state index is 13.3. The van der Waals surface area contributed by atoms with Gasteiger partial charge in [0.25, 0.3) is 0 Å². The maximum absolute atomic E-state index is 13.3. The fraction of sp³-hybridized carbons (Fsp3) is 0.143. The van der Waals surface area contributed by atoms with Crippen LogP contribution in [0.2, 0.25) is 0 Å². The Labute approximate surface area is 114 Å². The minimum Gasteiger partial charge on any atom is -0.493 e. The van der Waals surface area contributed by atoms with E-state index in [0.29, 0.717) is 23.8 Å². The van der Waals surface area contributed by atoms with Gasteiger partial charge in [0.2, 0.25) is 0 Å². The van der Waals surface area contributed by atoms with Crippen LogP contribution in [-0.4, -0.2) is 12.4 Å². The lowest BCUT2D eigenvalue weighted by Gasteiger charge is -2.07. The SMILES string of the molecule is Nc1cccc(OCCSc2cc(F)ccc2F)c1. The van der Waals surface area contributed by atoms with Gasteiger partial charge in [0.1, 0.15) is 17.4 Å². The van der Waals surface area contributed by atoms with Crippen LogP contribution in [0.1, 0.15) is 0 Å². The molecule has 100 valence electrons. The highest BCUT2D eigenvalue weighted by Gasteiger charge is 2.04. The molecule has 0 aliphatic heterocycles. The number of rotatable bonds is 5. The molecule has 5 heteroatoms. The molecule has 0 bridgehead atoms. The minimum atomic E-state index is -0.444. The fourth-order valence-corrected chi connectivity index (χ4v) is 2.29. The van der Waals surface area contributed by atoms with Gasteiger partial charge in [-0.3, -0.25) is 0 Å². The zero-order chi connectivity index (χ0) is 13.7. The normalized spacial score (nSPS) is 10.4. The molecule has 0 amide bonds. The average Bonchev–Trinajstić information content (AvgIpc) is 2.39. The Morgan fingerprint density at radius 2 is 1.95 bits per heavy atom. The van der Waals surface area contributed by atoms with Crippen molar-refractivity contribution in [3.05, 3.63) is 54.1 Å². The lowest BCUT2D eigenvalue weighted by atomic mass is 10.3. The first-order valence-corrected chi connectivity index (χ1v) is 6.70. The van der Waals surface area contributed by atoms with Crippen LogP contribution in [0.15, 0.2) is 47.4 Å². The van der Waals surface area contributed by atoms with Crippen molar-refractivity contribution in [1.82, 2.24) is 0 Å². The second kappa shape index (κ2) is 6.43. The van der Waals surface area contributed by atoms with Crippen molar-refractivity contribution in [3.8, 4) is 5.75 Å². The molecule has 2 N–H and O–H groups in total. The largest absolute Gasteiger partial charge is 0.493 e. The van der Waals surface area contributed by atoms with Gasteiger partial charge in [-0.1, -0.05) is 6.07 Å². The predicted octanol–water partition coefficient (Wildman–Crippen LogP) is 3.72. The van der Waals surface area contributed by atoms with Crippen LogP contribution < -0.4 is 10.5 Å². The van der Waals surface area contributed by atoms with E-state index in [4.69, 9.17) is 10.5 Å². The topological polar surface area (TPSA) is 35.2 Å². The van der Waals surface area contributed by atoms with E-state index in [0.717, 1.165) is 12.1 Å². The van der Waals surface area contributed by atoms with Gasteiger partial charge in [-0.15, -0.1) is 11.8 Å². The van der Waals surface area contributed by atoms with Gasteiger partial charge in [0.05, 0.1) is 6.61 Å². The summed E-state index contributed by atoms with van der Waals surface area (Å²) in [5, 5.41) is 0. The number of hydrogen-bond donors (Lipinski definition) is 1. The third-order valence-electron chi connectivity index (χ3n) is 2.36. The van der Waals surface area contributed by atoms with Crippen molar-refractivity contribution in [3.63, 3.8) is 0 Å². The molecule has 0 fully saturated rings. The Bertz CT molecular complexity index is 563. The Morgan fingerprint density at radius 1 is 1.11 bits per heavy atom. The van der Waals surface area contributed by atoms with Gasteiger partial charge in [-0.05, 0) is 30.3 Å². The van der Waals surface area contributed by atoms with Crippen LogP contribution in [0.5, 0.6) is 5.75 Å². The standard InChI is InChI=1S/C14H13F2NOS/c15-10-4-5-13(16)14(8-10)19-7-6-18-12-3-1-2-11(17)9-12/h1-5,8-9H,6-7,17H2. The van der Waals surface area contributed by atoms with Gasteiger partial charge in [0, 0.05) is 22.4 Å². The van der Waals surface area contributed by atoms with Gasteiger partial charge in [0.15, 0.2) is 0 Å². The van der Waals surface area contributed by atoms with Crippen LogP contribution in [0.25, 0.3) is 0 Å². The molecule has 0 spiro atoms. The van der Waals surface area contributed by atoms with E-state index < -0.39 is 11.6 Å². The van der Waals surface area contributed by atoms with Crippen molar-refractivity contribution in [2.75, 3.05) is 18.1 Å². The molecule has 0 saturated heterocycles. The van der Waals surface area contributed by atoms with Crippen LogP contribution in [0.4, 0.5) is 14.5 Å². The molecule has 0 aromatic heterocycles. The van der Waals surface area contributed by atoms with Crippen molar-refractivity contribution in [2.24, 2.45) is 0 Å². The number of nitrogen functional groups attached to an aromatic ring is 1. The van der Waals surface area contributed by atoms with Crippen LogP contribution in [-0.2, 0) is 0 Å². The minimum absolute atomic E-state index is 0.288. The summed E-state index contributed by atoms with van der Waals surface area (Å²) in [6.45, 7) is 0.393. The number of nitrogens with two attached hydrogens (primary N) is 1. The highest BCUT2D eigenvalue weighted by Crippen LogP contribution is 2.23. The molecule has 0 aliphatic carbocycles. The first kappa shape index (κ1) is 13.7. The van der Waals surface area contributed by atoms with Crippen LogP contribution >= 0.6 is 11.8 Å². The number of thioether (sulfide) groups is 1. The van der Waals surface area contributed by atoms with Crippen LogP contribution in [0.3, 0.4) is 0 Å². The highest BCUT2D eigenvalue weighted by molar-refractivity contribution is 7.99. The lowest BCUT2D eigenvalue weighted by molar-refractivity contribution is 0.344. The van der Waals surface area contributed by atoms with E-state index in [1.54, 1.807) is 24.3 Å². The predicted molar refractivity (Wildman–Crippen MR) is 73.4 cm³/mol. The smallest absolute Gasteiger partial charge is 0.136 e. The molecule has 0 radical (unpaired) electrons. The summed E-state index contributed by atoms with van der Waals surface area (Å²) in [6, 6.07) is 10.5. The summed E-state index contributed by atoms with van der Waals surface area (Å²) in [6.07, 6.45) is 0. The molecule has 2 aromatic carbocycles. The second-order valence-electron chi connectivity index (χ2n) is 3.84. The Balaban J connectivity index is 1.82. The molecule has 0 saturated carbocycles. The third kappa shape index (κ3) is 4.13. The summed E-state index contributed by atoms with van der Waals surface area (Å²) < 4.78 is 31.7. The van der Waals surface area contributed by atoms with Crippen molar-refractivity contribution in [1.29, 1.82) is 0 Å². The molecular formula is C14H13F2NOS. The molecule has 2 nitrogen and oxygen atoms in total. The maximum Gasteiger partial charge on any atom is 0.136 e. The molecule has 2 rings (SSSR count). The quantitative estimate of drug-likeness (QED) is 0.515. The van der Waals surface area contributed by atoms with E-state index in [-0.39, 0.29) is 4.90 Å². The van der Waals surface area contributed by atoms with E-state index in [1.165, 1.54) is 17.8 Å². The van der Waals surface area contributed by atoms with Gasteiger partial charge in [-0.2, -0.15) is 0 Å². The number of ether oxygens (including phenoxy) is 1. The zero-order valence-electron chi connectivity index (χ0n) is 10.1. The van der Waals surface area contributed by atoms with Crippen molar-refractivity contribution >= 4 is 17.4 Å². The van der Waals surface area contributed by atoms with E-state index >= 15 is 0 Å². The van der Waals surface area contributed by atoms with Gasteiger partial charge in [-0.25, -0.2) is 8.78 Å². The average molecular weight is 281 g/mol. The summed E-state index contributed by atoms with van der Waals surface area (Å²) in [7, 11) is 0. The summed E-state index contributed by atoms with van der Waals surface area (Å²) in [5.74, 6) is 0.325. The Morgan fingerprint density at radius 3 is 2.74 bits per heavy atom. The number of anilines is 1. The molecule has 19 heavy (non-hydrogen) atoms. The number of benzene rings is 2. The summed E-state index contributed by atoms with van der Waals surface area (Å²) in [5.41, 5.74) is 6.24. The van der Waals surface area contributed by atoms with Gasteiger partial charge >= 0.3 is 0 Å². The second-order valence-corrected chi connectivity index (χ2v) is 4.98. The number of halogens is 2. The zero-order valence-corrected chi connectivity index (χ0v) is 10.9. The molecule has 2 aromatic rings. The molecular weight excluding hydrogens is 268 g/mol. The molecule has 0 unspecified atom stereocenters. The van der Waals surface area contributed by atoms with Crippen molar-refractivity contribution in [2.45, 2.75) is 4.90 Å². The van der Waals surface area contributed by atoms with Crippen LogP contribution in [0, 0.1) is 11.6 Å².